The van der Waals surface area contributed by atoms with Crippen LogP contribution < -0.4 is 21.1 Å². The summed E-state index contributed by atoms with van der Waals surface area (Å²) in [6.07, 6.45) is 1.17. The minimum atomic E-state index is -0.793. The maximum Gasteiger partial charge on any atom is 0.243 e. The zero-order valence-corrected chi connectivity index (χ0v) is 19.6. The fourth-order valence-electron chi connectivity index (χ4n) is 4.06. The molecule has 1 aliphatic rings. The monoisotopic (exact) mass is 445 g/mol. The Hall–Kier alpha value is -2.90. The summed E-state index contributed by atoms with van der Waals surface area (Å²) in [7, 11) is 1.55. The number of fused-ring (bicyclic) bond motifs is 1. The number of ketones is 1. The number of carbonyl (C=O) groups is 4. The molecule has 0 aromatic heterocycles. The van der Waals surface area contributed by atoms with Crippen LogP contribution in [0.5, 0.6) is 5.75 Å². The van der Waals surface area contributed by atoms with Crippen molar-refractivity contribution in [1.82, 2.24) is 10.6 Å². The molecule has 0 radical (unpaired) electrons. The van der Waals surface area contributed by atoms with Crippen molar-refractivity contribution in [1.29, 1.82) is 0 Å². The number of hydrogen-bond donors (Lipinski definition) is 3. The summed E-state index contributed by atoms with van der Waals surface area (Å²) >= 11 is 0. The van der Waals surface area contributed by atoms with Crippen LogP contribution >= 0.6 is 0 Å². The number of nitrogens with one attached hydrogen (secondary N) is 2. The Morgan fingerprint density at radius 3 is 2.25 bits per heavy atom. The van der Waals surface area contributed by atoms with Crippen LogP contribution in [-0.2, 0) is 14.4 Å². The van der Waals surface area contributed by atoms with Crippen molar-refractivity contribution in [3.05, 3.63) is 29.3 Å². The highest BCUT2D eigenvalue weighted by atomic mass is 16.5. The van der Waals surface area contributed by atoms with Crippen LogP contribution in [0.4, 0.5) is 0 Å². The number of ether oxygens (including phenoxy) is 1. The Morgan fingerprint density at radius 2 is 1.69 bits per heavy atom. The average molecular weight is 446 g/mol. The molecule has 32 heavy (non-hydrogen) atoms. The SMILES string of the molecule is COc1ccc2c(c1)C(CC(=O)N[C@H](CC(C)C)C(=O)N[C@H](CC(C)C)C(N)=O)CC2=O. The second kappa shape index (κ2) is 11.1. The smallest absolute Gasteiger partial charge is 0.243 e. The van der Waals surface area contributed by atoms with Gasteiger partial charge in [0, 0.05) is 24.3 Å². The van der Waals surface area contributed by atoms with Gasteiger partial charge >= 0.3 is 0 Å². The molecular formula is C24H35N3O5. The number of primary amides is 1. The molecule has 4 N–H and O–H groups in total. The Labute approximate surface area is 189 Å². The molecule has 0 heterocycles. The quantitative estimate of drug-likeness (QED) is 0.482. The second-order valence-corrected chi connectivity index (χ2v) is 9.32. The molecule has 8 heteroatoms. The molecule has 0 fully saturated rings. The largest absolute Gasteiger partial charge is 0.497 e. The highest BCUT2D eigenvalue weighted by Gasteiger charge is 2.33. The Balaban J connectivity index is 2.09. The Kier molecular flexibility index (Phi) is 8.80. The van der Waals surface area contributed by atoms with E-state index in [-0.39, 0.29) is 42.3 Å². The standard InChI is InChI=1S/C24H35N3O5/c1-13(2)8-19(23(25)30)27-24(31)20(9-14(3)4)26-22(29)11-15-10-21(28)17-7-6-16(32-5)12-18(15)17/h6-7,12-15,19-20H,8-11H2,1-5H3,(H2,25,30)(H,26,29)(H,27,31)/t15?,19-,20-/m1/s1. The summed E-state index contributed by atoms with van der Waals surface area (Å²) in [6.45, 7) is 7.77. The van der Waals surface area contributed by atoms with Crippen molar-refractivity contribution in [3.8, 4) is 5.75 Å². The predicted molar refractivity (Wildman–Crippen MR) is 121 cm³/mol. The van der Waals surface area contributed by atoms with Crippen molar-refractivity contribution < 1.29 is 23.9 Å². The van der Waals surface area contributed by atoms with Crippen molar-refractivity contribution in [2.45, 2.75) is 71.4 Å². The number of nitrogens with two attached hydrogens (primary N) is 1. The molecule has 0 spiro atoms. The summed E-state index contributed by atoms with van der Waals surface area (Å²) in [5, 5.41) is 5.49. The molecule has 1 aromatic rings. The molecular weight excluding hydrogens is 410 g/mol. The van der Waals surface area contributed by atoms with Crippen LogP contribution in [-0.4, -0.2) is 42.7 Å². The van der Waals surface area contributed by atoms with Gasteiger partial charge in [-0.15, -0.1) is 0 Å². The molecule has 8 nitrogen and oxygen atoms in total. The number of rotatable bonds is 11. The number of amides is 3. The highest BCUT2D eigenvalue weighted by molar-refractivity contribution is 6.02. The summed E-state index contributed by atoms with van der Waals surface area (Å²) < 4.78 is 5.25. The van der Waals surface area contributed by atoms with E-state index >= 15 is 0 Å². The lowest BCUT2D eigenvalue weighted by Crippen LogP contribution is -2.53. The van der Waals surface area contributed by atoms with Gasteiger partial charge < -0.3 is 21.1 Å². The summed E-state index contributed by atoms with van der Waals surface area (Å²) in [5.41, 5.74) is 6.84. The number of carbonyl (C=O) groups excluding carboxylic acids is 4. The number of Topliss-reactive ketones (excluding diaryl/α,β-unsaturated/α-hetero) is 1. The van der Waals surface area contributed by atoms with Crippen LogP contribution in [0.1, 0.15) is 75.2 Å². The van der Waals surface area contributed by atoms with E-state index in [2.05, 4.69) is 10.6 Å². The third-order valence-electron chi connectivity index (χ3n) is 5.59. The van der Waals surface area contributed by atoms with E-state index in [1.807, 2.05) is 27.7 Å². The number of hydrogen-bond acceptors (Lipinski definition) is 5. The van der Waals surface area contributed by atoms with Gasteiger partial charge in [0.25, 0.3) is 0 Å². The first kappa shape index (κ1) is 25.4. The zero-order valence-electron chi connectivity index (χ0n) is 19.6. The molecule has 1 unspecified atom stereocenters. The van der Waals surface area contributed by atoms with Gasteiger partial charge in [0.05, 0.1) is 7.11 Å². The lowest BCUT2D eigenvalue weighted by Gasteiger charge is -2.24. The zero-order chi connectivity index (χ0) is 24.0. The lowest BCUT2D eigenvalue weighted by molar-refractivity contribution is -0.132. The molecule has 0 saturated heterocycles. The fraction of sp³-hybridized carbons (Fsp3) is 0.583. The van der Waals surface area contributed by atoms with E-state index < -0.39 is 23.9 Å². The van der Waals surface area contributed by atoms with Crippen molar-refractivity contribution in [2.24, 2.45) is 17.6 Å². The van der Waals surface area contributed by atoms with Crippen molar-refractivity contribution in [2.75, 3.05) is 7.11 Å². The van der Waals surface area contributed by atoms with E-state index in [1.165, 1.54) is 0 Å². The van der Waals surface area contributed by atoms with Gasteiger partial charge in [-0.2, -0.15) is 0 Å². The fourth-order valence-corrected chi connectivity index (χ4v) is 4.06. The highest BCUT2D eigenvalue weighted by Crippen LogP contribution is 2.37. The first-order valence-electron chi connectivity index (χ1n) is 11.1. The van der Waals surface area contributed by atoms with E-state index in [0.29, 0.717) is 24.2 Å². The van der Waals surface area contributed by atoms with E-state index in [9.17, 15) is 19.2 Å². The van der Waals surface area contributed by atoms with Gasteiger partial charge in [0.2, 0.25) is 17.7 Å². The van der Waals surface area contributed by atoms with Crippen LogP contribution in [0.25, 0.3) is 0 Å². The maximum atomic E-state index is 12.9. The third-order valence-corrected chi connectivity index (χ3v) is 5.59. The Bertz CT molecular complexity index is 865. The summed E-state index contributed by atoms with van der Waals surface area (Å²) in [4.78, 5) is 49.8. The minimum absolute atomic E-state index is 0.00471. The lowest BCUT2D eigenvalue weighted by atomic mass is 9.96. The van der Waals surface area contributed by atoms with Gasteiger partial charge in [-0.05, 0) is 48.4 Å². The third kappa shape index (κ3) is 6.80. The van der Waals surface area contributed by atoms with Crippen LogP contribution in [0.2, 0.25) is 0 Å². The minimum Gasteiger partial charge on any atom is -0.497 e. The molecule has 1 aromatic carbocycles. The van der Waals surface area contributed by atoms with E-state index in [1.54, 1.807) is 25.3 Å². The Morgan fingerprint density at radius 1 is 1.06 bits per heavy atom. The average Bonchev–Trinajstić information content (AvgIpc) is 3.00. The first-order chi connectivity index (χ1) is 15.0. The summed E-state index contributed by atoms with van der Waals surface area (Å²) in [5.74, 6) is -0.686. The van der Waals surface area contributed by atoms with Crippen LogP contribution in [0.15, 0.2) is 18.2 Å². The van der Waals surface area contributed by atoms with Crippen LogP contribution in [0, 0.1) is 11.8 Å². The van der Waals surface area contributed by atoms with Gasteiger partial charge in [0.1, 0.15) is 17.8 Å². The van der Waals surface area contributed by atoms with Gasteiger partial charge in [-0.1, -0.05) is 27.7 Å². The predicted octanol–water partition coefficient (Wildman–Crippen LogP) is 2.30. The molecule has 0 saturated carbocycles. The first-order valence-corrected chi connectivity index (χ1v) is 11.1. The molecule has 0 aliphatic heterocycles. The number of methoxy groups -OCH3 is 1. The molecule has 3 atom stereocenters. The molecule has 2 rings (SSSR count). The topological polar surface area (TPSA) is 128 Å². The normalized spacial score (nSPS) is 17.1. The molecule has 3 amide bonds. The summed E-state index contributed by atoms with van der Waals surface area (Å²) in [6, 6.07) is 3.66. The number of benzene rings is 1. The molecule has 1 aliphatic carbocycles. The molecule has 0 bridgehead atoms. The van der Waals surface area contributed by atoms with Gasteiger partial charge in [-0.3, -0.25) is 19.2 Å². The molecule has 176 valence electrons. The van der Waals surface area contributed by atoms with Gasteiger partial charge in [0.15, 0.2) is 5.78 Å². The van der Waals surface area contributed by atoms with E-state index in [4.69, 9.17) is 10.5 Å². The van der Waals surface area contributed by atoms with E-state index in [0.717, 1.165) is 5.56 Å². The maximum absolute atomic E-state index is 12.9. The second-order valence-electron chi connectivity index (χ2n) is 9.32. The van der Waals surface area contributed by atoms with Crippen molar-refractivity contribution in [3.63, 3.8) is 0 Å². The van der Waals surface area contributed by atoms with Crippen molar-refractivity contribution >= 4 is 23.5 Å². The van der Waals surface area contributed by atoms with Gasteiger partial charge in [-0.25, -0.2) is 0 Å². The van der Waals surface area contributed by atoms with Crippen LogP contribution in [0.3, 0.4) is 0 Å².